The molecule has 35 heavy (non-hydrogen) atoms. The monoisotopic (exact) mass is 500 g/mol. The standard InChI is InChI=1S/C27H48O8/c1-4-5-6-11-15-18-22(28)26(24(31)32,27(35,25(33)34)20-23(29)30)19-16-13-10-8-7-9-12-14-17-21(2)3/h21,35H,4-20H2,1-3H3,(H,29,30)(H,31,32)(H,33,34). The van der Waals surface area contributed by atoms with Crippen LogP contribution in [-0.2, 0) is 19.2 Å². The number of hydrogen-bond donors (Lipinski definition) is 4. The molecule has 204 valence electrons. The molecule has 0 rings (SSSR count). The zero-order chi connectivity index (χ0) is 26.9. The fourth-order valence-corrected chi connectivity index (χ4v) is 4.71. The van der Waals surface area contributed by atoms with Crippen LogP contribution in [0.1, 0.15) is 130 Å². The van der Waals surface area contributed by atoms with E-state index < -0.39 is 47.5 Å². The second-order valence-corrected chi connectivity index (χ2v) is 10.3. The molecule has 0 fully saturated rings. The van der Waals surface area contributed by atoms with E-state index in [1.165, 1.54) is 19.3 Å². The number of carbonyl (C=O) groups excluding carboxylic acids is 1. The summed E-state index contributed by atoms with van der Waals surface area (Å²) in [6.45, 7) is 6.44. The molecule has 0 saturated carbocycles. The molecule has 0 aromatic carbocycles. The van der Waals surface area contributed by atoms with Crippen LogP contribution >= 0.6 is 0 Å². The van der Waals surface area contributed by atoms with Gasteiger partial charge in [-0.05, 0) is 18.8 Å². The maximum atomic E-state index is 13.2. The Kier molecular flexibility index (Phi) is 16.5. The number of hydrogen-bond acceptors (Lipinski definition) is 5. The zero-order valence-corrected chi connectivity index (χ0v) is 22.0. The summed E-state index contributed by atoms with van der Waals surface area (Å²) in [7, 11) is 0. The summed E-state index contributed by atoms with van der Waals surface area (Å²) in [6.07, 6.45) is 10.2. The highest BCUT2D eigenvalue weighted by molar-refractivity contribution is 6.09. The lowest BCUT2D eigenvalue weighted by atomic mass is 9.63. The van der Waals surface area contributed by atoms with Crippen LogP contribution in [0.4, 0.5) is 0 Å². The average molecular weight is 501 g/mol. The molecule has 2 unspecified atom stereocenters. The van der Waals surface area contributed by atoms with Crippen LogP contribution in [-0.4, -0.2) is 49.7 Å². The first kappa shape index (κ1) is 33.0. The quantitative estimate of drug-likeness (QED) is 0.101. The van der Waals surface area contributed by atoms with Crippen LogP contribution in [0, 0.1) is 11.3 Å². The third-order valence-corrected chi connectivity index (χ3v) is 6.90. The van der Waals surface area contributed by atoms with Crippen LogP contribution in [0.5, 0.6) is 0 Å². The number of rotatable bonds is 23. The van der Waals surface area contributed by atoms with Crippen molar-refractivity contribution in [1.29, 1.82) is 0 Å². The summed E-state index contributed by atoms with van der Waals surface area (Å²) in [6, 6.07) is 0. The maximum absolute atomic E-state index is 13.2. The highest BCUT2D eigenvalue weighted by atomic mass is 16.4. The van der Waals surface area contributed by atoms with Gasteiger partial charge in [-0.15, -0.1) is 0 Å². The normalized spacial score (nSPS) is 14.9. The molecule has 0 amide bonds. The third-order valence-electron chi connectivity index (χ3n) is 6.90. The topological polar surface area (TPSA) is 149 Å². The molecule has 0 aliphatic carbocycles. The molecular formula is C27H48O8. The van der Waals surface area contributed by atoms with Crippen molar-refractivity contribution < 1.29 is 39.6 Å². The summed E-state index contributed by atoms with van der Waals surface area (Å²) in [5.41, 5.74) is -5.92. The van der Waals surface area contributed by atoms with Gasteiger partial charge in [-0.3, -0.25) is 14.4 Å². The van der Waals surface area contributed by atoms with E-state index in [4.69, 9.17) is 0 Å². The number of carboxylic acid groups (broad SMARTS) is 3. The molecule has 2 atom stereocenters. The van der Waals surface area contributed by atoms with Crippen LogP contribution in [0.15, 0.2) is 0 Å². The minimum Gasteiger partial charge on any atom is -0.481 e. The van der Waals surface area contributed by atoms with Gasteiger partial charge in [0.15, 0.2) is 16.8 Å². The average Bonchev–Trinajstić information content (AvgIpc) is 2.76. The molecule has 0 spiro atoms. The van der Waals surface area contributed by atoms with Crippen molar-refractivity contribution in [3.8, 4) is 0 Å². The highest BCUT2D eigenvalue weighted by Gasteiger charge is 2.65. The van der Waals surface area contributed by atoms with Crippen molar-refractivity contribution in [3.63, 3.8) is 0 Å². The molecule has 0 heterocycles. The lowest BCUT2D eigenvalue weighted by Gasteiger charge is -2.39. The van der Waals surface area contributed by atoms with Gasteiger partial charge in [-0.1, -0.05) is 104 Å². The second kappa shape index (κ2) is 17.5. The van der Waals surface area contributed by atoms with Gasteiger partial charge in [0.05, 0.1) is 6.42 Å². The zero-order valence-electron chi connectivity index (χ0n) is 22.0. The van der Waals surface area contributed by atoms with E-state index in [1.807, 2.05) is 6.92 Å². The van der Waals surface area contributed by atoms with Gasteiger partial charge in [0, 0.05) is 6.42 Å². The Morgan fingerprint density at radius 2 is 1.17 bits per heavy atom. The first-order chi connectivity index (χ1) is 16.5. The Balaban J connectivity index is 5.27. The van der Waals surface area contributed by atoms with E-state index in [2.05, 4.69) is 13.8 Å². The van der Waals surface area contributed by atoms with Crippen molar-refractivity contribution in [2.24, 2.45) is 11.3 Å². The number of aliphatic hydroxyl groups is 1. The van der Waals surface area contributed by atoms with Gasteiger partial charge in [-0.25, -0.2) is 4.79 Å². The van der Waals surface area contributed by atoms with Gasteiger partial charge in [0.1, 0.15) is 0 Å². The Hall–Kier alpha value is -1.96. The Morgan fingerprint density at radius 3 is 1.63 bits per heavy atom. The van der Waals surface area contributed by atoms with Crippen molar-refractivity contribution in [3.05, 3.63) is 0 Å². The van der Waals surface area contributed by atoms with Crippen LogP contribution in [0.3, 0.4) is 0 Å². The maximum Gasteiger partial charge on any atom is 0.338 e. The predicted octanol–water partition coefficient (Wildman–Crippen LogP) is 5.83. The molecule has 0 aromatic heterocycles. The fourth-order valence-electron chi connectivity index (χ4n) is 4.71. The van der Waals surface area contributed by atoms with Crippen molar-refractivity contribution in [1.82, 2.24) is 0 Å². The van der Waals surface area contributed by atoms with Gasteiger partial charge in [-0.2, -0.15) is 0 Å². The smallest absolute Gasteiger partial charge is 0.338 e. The summed E-state index contributed by atoms with van der Waals surface area (Å²) in [5, 5.41) is 39.9. The molecule has 4 N–H and O–H groups in total. The minimum atomic E-state index is -3.22. The summed E-state index contributed by atoms with van der Waals surface area (Å²) in [5.74, 6) is -5.64. The SMILES string of the molecule is CCCCCCCC(=O)C(CCCCCCCCCCC(C)C)(C(=O)O)C(O)(CC(=O)O)C(=O)O. The molecular weight excluding hydrogens is 452 g/mol. The molecule has 0 bridgehead atoms. The number of Topliss-reactive ketones (excluding diaryl/α,β-unsaturated/α-hetero) is 1. The van der Waals surface area contributed by atoms with Crippen LogP contribution in [0.25, 0.3) is 0 Å². The first-order valence-corrected chi connectivity index (χ1v) is 13.4. The van der Waals surface area contributed by atoms with Gasteiger partial charge < -0.3 is 20.4 Å². The van der Waals surface area contributed by atoms with Gasteiger partial charge >= 0.3 is 17.9 Å². The molecule has 8 heteroatoms. The lowest BCUT2D eigenvalue weighted by Crippen LogP contribution is -2.63. The number of ketones is 1. The Labute approximate surface area is 210 Å². The minimum absolute atomic E-state index is 0.207. The largest absolute Gasteiger partial charge is 0.481 e. The fraction of sp³-hybridized carbons (Fsp3) is 0.852. The number of unbranched alkanes of at least 4 members (excludes halogenated alkanes) is 11. The number of aliphatic carboxylic acids is 3. The first-order valence-electron chi connectivity index (χ1n) is 13.4. The number of carboxylic acids is 3. The molecule has 0 radical (unpaired) electrons. The van der Waals surface area contributed by atoms with E-state index >= 15 is 0 Å². The summed E-state index contributed by atoms with van der Waals surface area (Å²) >= 11 is 0. The second-order valence-electron chi connectivity index (χ2n) is 10.3. The molecule has 0 saturated heterocycles. The van der Waals surface area contributed by atoms with Crippen LogP contribution in [0.2, 0.25) is 0 Å². The van der Waals surface area contributed by atoms with E-state index in [9.17, 15) is 39.6 Å². The molecule has 0 aliphatic rings. The van der Waals surface area contributed by atoms with Crippen molar-refractivity contribution >= 4 is 23.7 Å². The highest BCUT2D eigenvalue weighted by Crippen LogP contribution is 2.43. The van der Waals surface area contributed by atoms with Gasteiger partial charge in [0.25, 0.3) is 0 Å². The van der Waals surface area contributed by atoms with Crippen molar-refractivity contribution in [2.75, 3.05) is 0 Å². The molecule has 0 aromatic rings. The Morgan fingerprint density at radius 1 is 0.686 bits per heavy atom. The predicted molar refractivity (Wildman–Crippen MR) is 134 cm³/mol. The number of carbonyl (C=O) groups is 4. The summed E-state index contributed by atoms with van der Waals surface area (Å²) in [4.78, 5) is 49.0. The van der Waals surface area contributed by atoms with Gasteiger partial charge in [0.2, 0.25) is 0 Å². The van der Waals surface area contributed by atoms with E-state index in [-0.39, 0.29) is 12.8 Å². The van der Waals surface area contributed by atoms with E-state index in [0.29, 0.717) is 25.2 Å². The lowest BCUT2D eigenvalue weighted by molar-refractivity contribution is -0.196. The van der Waals surface area contributed by atoms with Crippen molar-refractivity contribution in [2.45, 2.75) is 136 Å². The van der Waals surface area contributed by atoms with Crippen LogP contribution < -0.4 is 0 Å². The molecule has 0 aliphatic heterocycles. The van der Waals surface area contributed by atoms with E-state index in [0.717, 1.165) is 44.9 Å². The third kappa shape index (κ3) is 11.1. The molecule has 8 nitrogen and oxygen atoms in total. The Bertz CT molecular complexity index is 660. The van der Waals surface area contributed by atoms with E-state index in [1.54, 1.807) is 0 Å². The summed E-state index contributed by atoms with van der Waals surface area (Å²) < 4.78 is 0.